The molecule has 0 aromatic heterocycles. The molecule has 0 fully saturated rings. The Balaban J connectivity index is 0.000000659. The summed E-state index contributed by atoms with van der Waals surface area (Å²) >= 11 is 0. The van der Waals surface area contributed by atoms with E-state index in [2.05, 4.69) is 88.4 Å². The average Bonchev–Trinajstić information content (AvgIpc) is 3.22. The molecule has 1 unspecified atom stereocenters. The van der Waals surface area contributed by atoms with Crippen LogP contribution in [0.25, 0.3) is 10.8 Å². The molecular formula is C22H23N3O2. The van der Waals surface area contributed by atoms with Crippen LogP contribution < -0.4 is 10.6 Å². The minimum Gasteiger partial charge on any atom is -0.483 e. The Hall–Kier alpha value is -3.34. The maximum absolute atomic E-state index is 8.36. The summed E-state index contributed by atoms with van der Waals surface area (Å²) in [6, 6.07) is 25.9. The van der Waals surface area contributed by atoms with Gasteiger partial charge in [-0.1, -0.05) is 72.8 Å². The van der Waals surface area contributed by atoms with Gasteiger partial charge in [0.1, 0.15) is 0 Å². The summed E-state index contributed by atoms with van der Waals surface area (Å²) in [5.41, 5.74) is 2.63. The summed E-state index contributed by atoms with van der Waals surface area (Å²) < 4.78 is 0. The highest BCUT2D eigenvalue weighted by Gasteiger charge is 2.16. The van der Waals surface area contributed by atoms with Gasteiger partial charge in [-0.25, -0.2) is 0 Å². The summed E-state index contributed by atoms with van der Waals surface area (Å²) in [4.78, 5) is 12.9. The first-order valence-corrected chi connectivity index (χ1v) is 8.96. The second-order valence-electron chi connectivity index (χ2n) is 6.21. The van der Waals surface area contributed by atoms with Crippen molar-refractivity contribution in [3.8, 4) is 0 Å². The number of rotatable bonds is 4. The fraction of sp³-hybridized carbons (Fsp3) is 0.182. The maximum Gasteiger partial charge on any atom is 0.290 e. The molecular weight excluding hydrogens is 338 g/mol. The van der Waals surface area contributed by atoms with Gasteiger partial charge in [0.2, 0.25) is 0 Å². The number of hydrogen-bond donors (Lipinski definition) is 3. The molecule has 0 saturated carbocycles. The third-order valence-electron chi connectivity index (χ3n) is 4.49. The molecule has 3 aromatic rings. The van der Waals surface area contributed by atoms with Crippen molar-refractivity contribution in [2.75, 3.05) is 13.1 Å². The number of aliphatic imine (C=N–C) groups is 1. The number of guanidine groups is 1. The maximum atomic E-state index is 8.36. The average molecular weight is 361 g/mol. The first-order chi connectivity index (χ1) is 13.3. The molecule has 1 aliphatic rings. The lowest BCUT2D eigenvalue weighted by Crippen LogP contribution is -2.37. The fourth-order valence-corrected chi connectivity index (χ4v) is 3.29. The topological polar surface area (TPSA) is 73.7 Å². The van der Waals surface area contributed by atoms with Crippen LogP contribution in [0.15, 0.2) is 77.8 Å². The number of fused-ring (bicyclic) bond motifs is 1. The van der Waals surface area contributed by atoms with E-state index in [1.165, 1.54) is 21.9 Å². The highest BCUT2D eigenvalue weighted by Crippen LogP contribution is 2.24. The molecule has 138 valence electrons. The van der Waals surface area contributed by atoms with Crippen molar-refractivity contribution in [3.63, 3.8) is 0 Å². The molecule has 0 spiro atoms. The van der Waals surface area contributed by atoms with Crippen molar-refractivity contribution < 1.29 is 9.90 Å². The van der Waals surface area contributed by atoms with Crippen LogP contribution >= 0.6 is 0 Å². The van der Waals surface area contributed by atoms with Crippen LogP contribution in [-0.2, 0) is 11.2 Å². The van der Waals surface area contributed by atoms with Crippen LogP contribution in [0.1, 0.15) is 17.2 Å². The highest BCUT2D eigenvalue weighted by atomic mass is 16.3. The normalized spacial score (nSPS) is 13.7. The van der Waals surface area contributed by atoms with Gasteiger partial charge in [0.25, 0.3) is 6.47 Å². The SMILES string of the molecule is O=CO.c1ccc(C(Cc2cccc3ccccc23)NC2=NCCN2)cc1. The Kier molecular flexibility index (Phi) is 6.41. The zero-order chi connectivity index (χ0) is 18.9. The molecule has 3 aromatic carbocycles. The Morgan fingerprint density at radius 3 is 2.48 bits per heavy atom. The van der Waals surface area contributed by atoms with Gasteiger partial charge in [0.05, 0.1) is 12.6 Å². The van der Waals surface area contributed by atoms with Crippen LogP contribution in [0.4, 0.5) is 0 Å². The molecule has 0 saturated heterocycles. The molecule has 1 heterocycles. The van der Waals surface area contributed by atoms with E-state index in [1.807, 2.05) is 0 Å². The second-order valence-corrected chi connectivity index (χ2v) is 6.21. The molecule has 3 N–H and O–H groups in total. The Labute approximate surface area is 158 Å². The number of hydrogen-bond acceptors (Lipinski definition) is 4. The summed E-state index contributed by atoms with van der Waals surface area (Å²) in [5.74, 6) is 0.907. The van der Waals surface area contributed by atoms with E-state index in [1.54, 1.807) is 0 Å². The zero-order valence-electron chi connectivity index (χ0n) is 15.0. The molecule has 0 radical (unpaired) electrons. The molecule has 1 atom stereocenters. The second kappa shape index (κ2) is 9.38. The van der Waals surface area contributed by atoms with E-state index in [0.29, 0.717) is 0 Å². The molecule has 1 aliphatic heterocycles. The van der Waals surface area contributed by atoms with Gasteiger partial charge in [-0.3, -0.25) is 9.79 Å². The fourth-order valence-electron chi connectivity index (χ4n) is 3.29. The lowest BCUT2D eigenvalue weighted by molar-refractivity contribution is -0.122. The minimum absolute atomic E-state index is 0.196. The van der Waals surface area contributed by atoms with Crippen LogP contribution in [0.5, 0.6) is 0 Å². The molecule has 5 heteroatoms. The van der Waals surface area contributed by atoms with E-state index in [4.69, 9.17) is 9.90 Å². The van der Waals surface area contributed by atoms with Crippen LogP contribution in [0, 0.1) is 0 Å². The number of carbonyl (C=O) groups is 1. The van der Waals surface area contributed by atoms with Crippen LogP contribution in [0.3, 0.4) is 0 Å². The summed E-state index contributed by atoms with van der Waals surface area (Å²) in [6.07, 6.45) is 0.923. The third kappa shape index (κ3) is 4.85. The Morgan fingerprint density at radius 1 is 1.04 bits per heavy atom. The van der Waals surface area contributed by atoms with Crippen molar-refractivity contribution in [1.29, 1.82) is 0 Å². The quantitative estimate of drug-likeness (QED) is 0.623. The first kappa shape index (κ1) is 18.5. The van der Waals surface area contributed by atoms with Gasteiger partial charge in [-0.15, -0.1) is 0 Å². The monoisotopic (exact) mass is 361 g/mol. The van der Waals surface area contributed by atoms with Gasteiger partial charge < -0.3 is 15.7 Å². The largest absolute Gasteiger partial charge is 0.483 e. The molecule has 27 heavy (non-hydrogen) atoms. The molecule has 0 bridgehead atoms. The van der Waals surface area contributed by atoms with Crippen LogP contribution in [0.2, 0.25) is 0 Å². The predicted molar refractivity (Wildman–Crippen MR) is 109 cm³/mol. The molecule has 5 nitrogen and oxygen atoms in total. The summed E-state index contributed by atoms with van der Waals surface area (Å²) in [6.45, 7) is 1.51. The molecule has 0 aliphatic carbocycles. The van der Waals surface area contributed by atoms with Crippen molar-refractivity contribution in [1.82, 2.24) is 10.6 Å². The Bertz CT molecular complexity index is 904. The molecule has 0 amide bonds. The summed E-state index contributed by atoms with van der Waals surface area (Å²) in [5, 5.41) is 16.4. The number of carboxylic acid groups (broad SMARTS) is 1. The van der Waals surface area contributed by atoms with E-state index < -0.39 is 0 Å². The summed E-state index contributed by atoms with van der Waals surface area (Å²) in [7, 11) is 0. The van der Waals surface area contributed by atoms with Gasteiger partial charge in [-0.05, 0) is 28.3 Å². The van der Waals surface area contributed by atoms with E-state index in [-0.39, 0.29) is 12.5 Å². The van der Waals surface area contributed by atoms with E-state index in [0.717, 1.165) is 25.5 Å². The van der Waals surface area contributed by atoms with Crippen molar-refractivity contribution in [2.24, 2.45) is 4.99 Å². The van der Waals surface area contributed by atoms with Gasteiger partial charge in [0.15, 0.2) is 5.96 Å². The van der Waals surface area contributed by atoms with Gasteiger partial charge in [0, 0.05) is 6.54 Å². The lowest BCUT2D eigenvalue weighted by Gasteiger charge is -2.21. The smallest absolute Gasteiger partial charge is 0.290 e. The Morgan fingerprint density at radius 2 is 1.74 bits per heavy atom. The van der Waals surface area contributed by atoms with Gasteiger partial charge >= 0.3 is 0 Å². The zero-order valence-corrected chi connectivity index (χ0v) is 15.0. The number of nitrogens with zero attached hydrogens (tertiary/aromatic N) is 1. The third-order valence-corrected chi connectivity index (χ3v) is 4.49. The first-order valence-electron chi connectivity index (χ1n) is 8.96. The highest BCUT2D eigenvalue weighted by molar-refractivity contribution is 5.86. The van der Waals surface area contributed by atoms with Gasteiger partial charge in [-0.2, -0.15) is 0 Å². The number of nitrogens with one attached hydrogen (secondary N) is 2. The number of benzene rings is 3. The lowest BCUT2D eigenvalue weighted by atomic mass is 9.95. The van der Waals surface area contributed by atoms with E-state index >= 15 is 0 Å². The van der Waals surface area contributed by atoms with Crippen LogP contribution in [-0.4, -0.2) is 30.6 Å². The predicted octanol–water partition coefficient (Wildman–Crippen LogP) is 3.37. The van der Waals surface area contributed by atoms with E-state index in [9.17, 15) is 0 Å². The van der Waals surface area contributed by atoms with Crippen molar-refractivity contribution >= 4 is 23.2 Å². The standard InChI is InChI=1S/C21H21N3.CH2O2/c1-2-8-17(9-3-1)20(24-21-22-13-14-23-21)15-18-11-6-10-16-7-4-5-12-19(16)18;2-1-3/h1-12,20H,13-15H2,(H2,22,23,24);1H,(H,2,3). The molecule has 4 rings (SSSR count). The van der Waals surface area contributed by atoms with Crippen molar-refractivity contribution in [2.45, 2.75) is 12.5 Å². The minimum atomic E-state index is -0.250. The van der Waals surface area contributed by atoms with Crippen molar-refractivity contribution in [3.05, 3.63) is 83.9 Å².